The van der Waals surface area contributed by atoms with Crippen LogP contribution in [0.2, 0.25) is 10.0 Å². The van der Waals surface area contributed by atoms with Crippen molar-refractivity contribution >= 4 is 33.4 Å². The molecule has 0 amide bonds. The molecule has 24 heavy (non-hydrogen) atoms. The van der Waals surface area contributed by atoms with Gasteiger partial charge in [0.2, 0.25) is 0 Å². The Kier molecular flexibility index (Phi) is 5.47. The Morgan fingerprint density at radius 1 is 0.917 bits per heavy atom. The molecular formula is C17H18Cl2N2O2S. The van der Waals surface area contributed by atoms with Crippen molar-refractivity contribution in [2.75, 3.05) is 13.1 Å². The fourth-order valence-corrected chi connectivity index (χ4v) is 4.86. The number of halogens is 2. The zero-order valence-corrected chi connectivity index (χ0v) is 15.4. The largest absolute Gasteiger partial charge is 0.282 e. The molecule has 1 saturated heterocycles. The predicted octanol–water partition coefficient (Wildman–Crippen LogP) is 3.95. The molecule has 1 heterocycles. The van der Waals surface area contributed by atoms with Crippen LogP contribution in [0.5, 0.6) is 0 Å². The molecular weight excluding hydrogens is 367 g/mol. The first-order chi connectivity index (χ1) is 11.5. The van der Waals surface area contributed by atoms with Crippen LogP contribution in [0.4, 0.5) is 0 Å². The number of rotatable bonds is 4. The van der Waals surface area contributed by atoms with E-state index in [-0.39, 0.29) is 6.54 Å². The van der Waals surface area contributed by atoms with E-state index in [1.54, 1.807) is 18.2 Å². The van der Waals surface area contributed by atoms with E-state index in [2.05, 4.69) is 0 Å². The van der Waals surface area contributed by atoms with Crippen molar-refractivity contribution in [2.45, 2.75) is 19.5 Å². The second-order valence-corrected chi connectivity index (χ2v) is 8.52. The summed E-state index contributed by atoms with van der Waals surface area (Å²) in [7, 11) is -3.53. The molecule has 0 bridgehead atoms. The number of nitrogens with zero attached hydrogens (tertiary/aromatic N) is 2. The van der Waals surface area contributed by atoms with Gasteiger partial charge in [-0.1, -0.05) is 53.5 Å². The molecule has 128 valence electrons. The van der Waals surface area contributed by atoms with Crippen LogP contribution >= 0.6 is 23.2 Å². The molecule has 1 aliphatic heterocycles. The highest BCUT2D eigenvalue weighted by Gasteiger charge is 2.33. The van der Waals surface area contributed by atoms with Crippen LogP contribution in [-0.4, -0.2) is 30.1 Å². The van der Waals surface area contributed by atoms with Crippen molar-refractivity contribution in [1.82, 2.24) is 8.61 Å². The lowest BCUT2D eigenvalue weighted by molar-refractivity contribution is 0.276. The average molecular weight is 385 g/mol. The average Bonchev–Trinajstić information content (AvgIpc) is 2.53. The van der Waals surface area contributed by atoms with E-state index in [0.29, 0.717) is 29.7 Å². The lowest BCUT2D eigenvalue weighted by Gasteiger charge is -2.34. The number of hydrogen-bond acceptors (Lipinski definition) is 2. The third-order valence-corrected chi connectivity index (χ3v) is 6.55. The van der Waals surface area contributed by atoms with Crippen LogP contribution < -0.4 is 0 Å². The predicted molar refractivity (Wildman–Crippen MR) is 97.3 cm³/mol. The van der Waals surface area contributed by atoms with Gasteiger partial charge in [-0.15, -0.1) is 0 Å². The summed E-state index contributed by atoms with van der Waals surface area (Å²) in [5, 5.41) is 1.19. The molecule has 0 spiro atoms. The van der Waals surface area contributed by atoms with Gasteiger partial charge in [0.15, 0.2) is 0 Å². The van der Waals surface area contributed by atoms with Gasteiger partial charge in [0.05, 0.1) is 0 Å². The van der Waals surface area contributed by atoms with Crippen molar-refractivity contribution in [2.24, 2.45) is 0 Å². The van der Waals surface area contributed by atoms with E-state index in [9.17, 15) is 8.42 Å². The van der Waals surface area contributed by atoms with Crippen molar-refractivity contribution in [1.29, 1.82) is 0 Å². The summed E-state index contributed by atoms with van der Waals surface area (Å²) in [4.78, 5) is 0. The molecule has 2 aromatic rings. The molecule has 4 nitrogen and oxygen atoms in total. The van der Waals surface area contributed by atoms with Crippen LogP contribution in [0, 0.1) is 0 Å². The maximum atomic E-state index is 12.9. The highest BCUT2D eigenvalue weighted by atomic mass is 35.5. The molecule has 3 rings (SSSR count). The summed E-state index contributed by atoms with van der Waals surface area (Å²) in [6.07, 6.45) is 0.782. The first-order valence-corrected chi connectivity index (χ1v) is 9.85. The van der Waals surface area contributed by atoms with Crippen molar-refractivity contribution in [3.8, 4) is 0 Å². The Morgan fingerprint density at radius 2 is 1.62 bits per heavy atom. The summed E-state index contributed by atoms with van der Waals surface area (Å²) >= 11 is 12.2. The van der Waals surface area contributed by atoms with Crippen LogP contribution in [-0.2, 0) is 23.3 Å². The van der Waals surface area contributed by atoms with Crippen molar-refractivity contribution in [3.63, 3.8) is 0 Å². The minimum absolute atomic E-state index is 0.286. The first kappa shape index (κ1) is 17.7. The highest BCUT2D eigenvalue weighted by Crippen LogP contribution is 2.24. The second kappa shape index (κ2) is 7.42. The third-order valence-electron chi connectivity index (χ3n) is 4.02. The molecule has 1 fully saturated rings. The van der Waals surface area contributed by atoms with E-state index < -0.39 is 10.2 Å². The molecule has 0 unspecified atom stereocenters. The lowest BCUT2D eigenvalue weighted by atomic mass is 10.2. The SMILES string of the molecule is O=S1(=O)N(Cc2cccc(Cl)c2)CCCN1Cc1ccccc1Cl. The van der Waals surface area contributed by atoms with Gasteiger partial charge in [0.1, 0.15) is 0 Å². The van der Waals surface area contributed by atoms with E-state index in [0.717, 1.165) is 17.5 Å². The zero-order valence-electron chi connectivity index (χ0n) is 13.0. The van der Waals surface area contributed by atoms with Crippen LogP contribution in [0.1, 0.15) is 17.5 Å². The lowest BCUT2D eigenvalue weighted by Crippen LogP contribution is -2.48. The highest BCUT2D eigenvalue weighted by molar-refractivity contribution is 7.86. The summed E-state index contributed by atoms with van der Waals surface area (Å²) in [5.74, 6) is 0. The van der Waals surface area contributed by atoms with Crippen LogP contribution in [0.3, 0.4) is 0 Å². The fourth-order valence-electron chi connectivity index (χ4n) is 2.79. The minimum Gasteiger partial charge on any atom is -0.195 e. The molecule has 1 aliphatic rings. The Balaban J connectivity index is 1.79. The normalized spacial score (nSPS) is 18.6. The number of hydrogen-bond donors (Lipinski definition) is 0. The molecule has 2 aromatic carbocycles. The van der Waals surface area contributed by atoms with E-state index >= 15 is 0 Å². The first-order valence-electron chi connectivity index (χ1n) is 7.70. The second-order valence-electron chi connectivity index (χ2n) is 5.75. The Hall–Kier alpha value is -1.11. The number of benzene rings is 2. The van der Waals surface area contributed by atoms with E-state index in [1.807, 2.05) is 30.3 Å². The standard InChI is InChI=1S/C17H18Cl2N2O2S/c18-16-7-3-5-14(11-16)12-20-9-4-10-21(24(20,22)23)13-15-6-1-2-8-17(15)19/h1-3,5-8,11H,4,9-10,12-13H2. The van der Waals surface area contributed by atoms with Crippen molar-refractivity contribution in [3.05, 3.63) is 69.7 Å². The van der Waals surface area contributed by atoms with E-state index in [4.69, 9.17) is 23.2 Å². The summed E-state index contributed by atoms with van der Waals surface area (Å²) in [6.45, 7) is 1.61. The molecule has 7 heteroatoms. The maximum Gasteiger partial charge on any atom is 0.282 e. The fraction of sp³-hybridized carbons (Fsp3) is 0.294. The van der Waals surface area contributed by atoms with Gasteiger partial charge in [-0.2, -0.15) is 17.0 Å². The third kappa shape index (κ3) is 3.92. The van der Waals surface area contributed by atoms with Gasteiger partial charge in [-0.3, -0.25) is 0 Å². The molecule has 0 saturated carbocycles. The topological polar surface area (TPSA) is 40.6 Å². The zero-order chi connectivity index (χ0) is 17.2. The maximum absolute atomic E-state index is 12.9. The van der Waals surface area contributed by atoms with Gasteiger partial charge in [-0.05, 0) is 35.7 Å². The monoisotopic (exact) mass is 384 g/mol. The molecule has 0 aromatic heterocycles. The minimum atomic E-state index is -3.53. The molecule has 0 aliphatic carbocycles. The van der Waals surface area contributed by atoms with Gasteiger partial charge in [0.25, 0.3) is 10.2 Å². The smallest absolute Gasteiger partial charge is 0.195 e. The van der Waals surface area contributed by atoms with E-state index in [1.165, 1.54) is 8.61 Å². The summed E-state index contributed by atoms with van der Waals surface area (Å²) in [6, 6.07) is 14.6. The Labute approximate surface area is 152 Å². The van der Waals surface area contributed by atoms with Gasteiger partial charge < -0.3 is 0 Å². The summed E-state index contributed by atoms with van der Waals surface area (Å²) < 4.78 is 28.8. The van der Waals surface area contributed by atoms with Gasteiger partial charge in [0, 0.05) is 36.2 Å². The quantitative estimate of drug-likeness (QED) is 0.800. The summed E-state index contributed by atoms with van der Waals surface area (Å²) in [5.41, 5.74) is 1.69. The molecule has 0 atom stereocenters. The Bertz CT molecular complexity index is 827. The molecule has 0 N–H and O–H groups in total. The van der Waals surface area contributed by atoms with Crippen molar-refractivity contribution < 1.29 is 8.42 Å². The van der Waals surface area contributed by atoms with Crippen LogP contribution in [0.25, 0.3) is 0 Å². The molecule has 0 radical (unpaired) electrons. The van der Waals surface area contributed by atoms with Crippen LogP contribution in [0.15, 0.2) is 48.5 Å². The van der Waals surface area contributed by atoms with Gasteiger partial charge in [-0.25, -0.2) is 0 Å². The Morgan fingerprint density at radius 3 is 2.33 bits per heavy atom. The van der Waals surface area contributed by atoms with Gasteiger partial charge >= 0.3 is 0 Å².